The second kappa shape index (κ2) is 6.06. The number of aromatic nitrogens is 1. The van der Waals surface area contributed by atoms with Crippen molar-refractivity contribution in [3.05, 3.63) is 30.5 Å². The quantitative estimate of drug-likeness (QED) is 0.806. The number of nitrogens with zero attached hydrogens (tertiary/aromatic N) is 3. The third-order valence-electron chi connectivity index (χ3n) is 3.18. The lowest BCUT2D eigenvalue weighted by atomic mass is 10.2. The van der Waals surface area contributed by atoms with Gasteiger partial charge in [-0.15, -0.1) is 0 Å². The van der Waals surface area contributed by atoms with Crippen LogP contribution in [-0.2, 0) is 6.67 Å². The third-order valence-corrected chi connectivity index (χ3v) is 3.18. The van der Waals surface area contributed by atoms with Gasteiger partial charge in [-0.05, 0) is 31.2 Å². The van der Waals surface area contributed by atoms with Crippen LogP contribution < -0.4 is 10.2 Å². The molecule has 0 saturated carbocycles. The molecule has 0 aliphatic heterocycles. The van der Waals surface area contributed by atoms with E-state index in [-0.39, 0.29) is 0 Å². The Hall–Kier alpha value is -1.56. The molecule has 0 aliphatic carbocycles. The first kappa shape index (κ1) is 13.9. The molecular formula is C14H22N4O. The van der Waals surface area contributed by atoms with Crippen molar-refractivity contribution < 1.29 is 4.74 Å². The van der Waals surface area contributed by atoms with E-state index in [0.717, 1.165) is 19.0 Å². The summed E-state index contributed by atoms with van der Waals surface area (Å²) in [6, 6.07) is 8.23. The van der Waals surface area contributed by atoms with E-state index in [2.05, 4.69) is 46.4 Å². The zero-order chi connectivity index (χ0) is 13.8. The van der Waals surface area contributed by atoms with Crippen molar-refractivity contribution in [2.75, 3.05) is 27.7 Å². The van der Waals surface area contributed by atoms with Crippen LogP contribution in [0.15, 0.2) is 30.5 Å². The van der Waals surface area contributed by atoms with Crippen LogP contribution in [0.1, 0.15) is 6.92 Å². The van der Waals surface area contributed by atoms with E-state index in [1.807, 2.05) is 25.2 Å². The van der Waals surface area contributed by atoms with Crippen molar-refractivity contribution in [2.24, 2.45) is 0 Å². The number of hydrazine groups is 2. The molecule has 5 heteroatoms. The fourth-order valence-corrected chi connectivity index (χ4v) is 2.14. The molecule has 1 N–H and O–H groups in total. The second-order valence-corrected chi connectivity index (χ2v) is 4.59. The summed E-state index contributed by atoms with van der Waals surface area (Å²) in [7, 11) is 5.74. The van der Waals surface area contributed by atoms with Crippen LogP contribution in [0.3, 0.4) is 0 Å². The van der Waals surface area contributed by atoms with Gasteiger partial charge in [0.1, 0.15) is 5.75 Å². The maximum atomic E-state index is 5.24. The zero-order valence-corrected chi connectivity index (χ0v) is 12.1. The minimum absolute atomic E-state index is 0.738. The van der Waals surface area contributed by atoms with Gasteiger partial charge in [0.15, 0.2) is 0 Å². The normalized spacial score (nSPS) is 11.7. The number of ether oxygens (including phenoxy) is 1. The number of nitrogens with one attached hydrogen (secondary N) is 1. The minimum Gasteiger partial charge on any atom is -0.497 e. The van der Waals surface area contributed by atoms with Gasteiger partial charge in [-0.25, -0.2) is 10.4 Å². The Kier molecular flexibility index (Phi) is 4.42. The summed E-state index contributed by atoms with van der Waals surface area (Å²) < 4.78 is 7.42. The van der Waals surface area contributed by atoms with E-state index in [1.165, 1.54) is 10.9 Å². The molecule has 5 nitrogen and oxygen atoms in total. The summed E-state index contributed by atoms with van der Waals surface area (Å²) in [5, 5.41) is 5.29. The summed E-state index contributed by atoms with van der Waals surface area (Å²) in [4.78, 5) is 0. The Balaban J connectivity index is 2.13. The van der Waals surface area contributed by atoms with Gasteiger partial charge in [-0.2, -0.15) is 5.12 Å². The molecule has 0 fully saturated rings. The van der Waals surface area contributed by atoms with Gasteiger partial charge in [0.2, 0.25) is 0 Å². The van der Waals surface area contributed by atoms with Crippen molar-refractivity contribution in [3.63, 3.8) is 0 Å². The van der Waals surface area contributed by atoms with Crippen LogP contribution in [0.25, 0.3) is 10.9 Å². The molecule has 0 bridgehead atoms. The number of fused-ring (bicyclic) bond motifs is 1. The molecule has 0 atom stereocenters. The topological polar surface area (TPSA) is 32.7 Å². The Morgan fingerprint density at radius 3 is 2.68 bits per heavy atom. The van der Waals surface area contributed by atoms with Gasteiger partial charge in [0, 0.05) is 37.7 Å². The first-order valence-electron chi connectivity index (χ1n) is 6.47. The Labute approximate surface area is 114 Å². The number of methoxy groups -OCH3 is 1. The van der Waals surface area contributed by atoms with Gasteiger partial charge in [-0.1, -0.05) is 0 Å². The van der Waals surface area contributed by atoms with Gasteiger partial charge in [0.25, 0.3) is 0 Å². The average molecular weight is 262 g/mol. The van der Waals surface area contributed by atoms with E-state index in [1.54, 1.807) is 7.11 Å². The van der Waals surface area contributed by atoms with Gasteiger partial charge in [0.05, 0.1) is 13.8 Å². The molecule has 0 saturated heterocycles. The van der Waals surface area contributed by atoms with Crippen molar-refractivity contribution in [1.82, 2.24) is 20.1 Å². The smallest absolute Gasteiger partial charge is 0.119 e. The molecule has 104 valence electrons. The standard InChI is InChI=1S/C14H22N4O/c1-5-18(16(2)3)15-11-17-9-8-12-10-13(19-4)6-7-14(12)17/h6-10,15H,5,11H2,1-4H3. The SMILES string of the molecule is CCN(NCn1ccc2cc(OC)ccc21)N(C)C. The average Bonchev–Trinajstić information content (AvgIpc) is 2.81. The highest BCUT2D eigenvalue weighted by molar-refractivity contribution is 5.81. The van der Waals surface area contributed by atoms with Gasteiger partial charge >= 0.3 is 0 Å². The second-order valence-electron chi connectivity index (χ2n) is 4.59. The molecule has 0 spiro atoms. The fourth-order valence-electron chi connectivity index (χ4n) is 2.14. The molecule has 19 heavy (non-hydrogen) atoms. The van der Waals surface area contributed by atoms with E-state index in [0.29, 0.717) is 0 Å². The predicted octanol–water partition coefficient (Wildman–Crippen LogP) is 1.91. The highest BCUT2D eigenvalue weighted by Gasteiger charge is 2.06. The summed E-state index contributed by atoms with van der Waals surface area (Å²) in [6.07, 6.45) is 2.08. The Bertz CT molecular complexity index is 535. The van der Waals surface area contributed by atoms with Gasteiger partial charge < -0.3 is 9.30 Å². The molecule has 1 heterocycles. The van der Waals surface area contributed by atoms with Crippen molar-refractivity contribution >= 4 is 10.9 Å². The summed E-state index contributed by atoms with van der Waals surface area (Å²) in [6.45, 7) is 3.77. The molecule has 0 radical (unpaired) electrons. The highest BCUT2D eigenvalue weighted by Crippen LogP contribution is 2.21. The molecule has 2 aromatic rings. The lowest BCUT2D eigenvalue weighted by molar-refractivity contribution is -0.0320. The van der Waals surface area contributed by atoms with Crippen LogP contribution in [0.4, 0.5) is 0 Å². The van der Waals surface area contributed by atoms with E-state index >= 15 is 0 Å². The largest absolute Gasteiger partial charge is 0.497 e. The molecular weight excluding hydrogens is 240 g/mol. The molecule has 1 aromatic carbocycles. The van der Waals surface area contributed by atoms with Crippen LogP contribution >= 0.6 is 0 Å². The first-order valence-corrected chi connectivity index (χ1v) is 6.47. The minimum atomic E-state index is 0.738. The van der Waals surface area contributed by atoms with Crippen LogP contribution in [0, 0.1) is 0 Å². The first-order chi connectivity index (χ1) is 9.15. The monoisotopic (exact) mass is 262 g/mol. The number of hydrogen-bond donors (Lipinski definition) is 1. The summed E-state index contributed by atoms with van der Waals surface area (Å²) in [5.41, 5.74) is 4.58. The van der Waals surface area contributed by atoms with Crippen LogP contribution in [0.5, 0.6) is 5.75 Å². The lowest BCUT2D eigenvalue weighted by Gasteiger charge is -2.28. The van der Waals surface area contributed by atoms with E-state index in [4.69, 9.17) is 4.74 Å². The fraction of sp³-hybridized carbons (Fsp3) is 0.429. The summed E-state index contributed by atoms with van der Waals surface area (Å²) >= 11 is 0. The maximum Gasteiger partial charge on any atom is 0.119 e. The highest BCUT2D eigenvalue weighted by atomic mass is 16.5. The number of rotatable bonds is 6. The van der Waals surface area contributed by atoms with E-state index < -0.39 is 0 Å². The molecule has 2 rings (SSSR count). The Morgan fingerprint density at radius 2 is 2.05 bits per heavy atom. The predicted molar refractivity (Wildman–Crippen MR) is 77.7 cm³/mol. The molecule has 1 aromatic heterocycles. The van der Waals surface area contributed by atoms with Crippen molar-refractivity contribution in [2.45, 2.75) is 13.6 Å². The molecule has 0 unspecified atom stereocenters. The molecule has 0 amide bonds. The summed E-state index contributed by atoms with van der Waals surface area (Å²) in [5.74, 6) is 0.890. The third kappa shape index (κ3) is 3.07. The van der Waals surface area contributed by atoms with E-state index in [9.17, 15) is 0 Å². The van der Waals surface area contributed by atoms with Crippen molar-refractivity contribution in [3.8, 4) is 5.75 Å². The van der Waals surface area contributed by atoms with Crippen LogP contribution in [0.2, 0.25) is 0 Å². The zero-order valence-electron chi connectivity index (χ0n) is 12.1. The van der Waals surface area contributed by atoms with Crippen LogP contribution in [-0.4, -0.2) is 42.4 Å². The maximum absolute atomic E-state index is 5.24. The molecule has 0 aliphatic rings. The van der Waals surface area contributed by atoms with Gasteiger partial charge in [-0.3, -0.25) is 0 Å². The lowest BCUT2D eigenvalue weighted by Crippen LogP contribution is -2.47. The number of benzene rings is 1. The van der Waals surface area contributed by atoms with Crippen molar-refractivity contribution in [1.29, 1.82) is 0 Å². The Morgan fingerprint density at radius 1 is 1.26 bits per heavy atom. The number of hydrogen-bond acceptors (Lipinski definition) is 4.